The predicted octanol–water partition coefficient (Wildman–Crippen LogP) is 2.88. The van der Waals surface area contributed by atoms with Crippen molar-refractivity contribution < 1.29 is 4.74 Å². The van der Waals surface area contributed by atoms with Crippen molar-refractivity contribution in [1.82, 2.24) is 0 Å². The molecule has 1 aromatic carbocycles. The van der Waals surface area contributed by atoms with Crippen LogP contribution >= 0.6 is 24.0 Å². The van der Waals surface area contributed by atoms with Crippen LogP contribution in [0.25, 0.3) is 0 Å². The fourth-order valence-corrected chi connectivity index (χ4v) is 2.38. The third-order valence-electron chi connectivity index (χ3n) is 2.65. The molecule has 0 amide bonds. The number of rotatable bonds is 7. The Bertz CT molecular complexity index is 410. The quantitative estimate of drug-likeness (QED) is 0.754. The number of thioether (sulfide) groups is 1. The van der Waals surface area contributed by atoms with Gasteiger partial charge in [0, 0.05) is 23.4 Å². The molecule has 3 N–H and O–H groups in total. The van der Waals surface area contributed by atoms with Crippen LogP contribution < -0.4 is 15.8 Å². The second-order valence-corrected chi connectivity index (χ2v) is 5.53. The van der Waals surface area contributed by atoms with Gasteiger partial charge < -0.3 is 15.8 Å². The van der Waals surface area contributed by atoms with E-state index in [0.717, 1.165) is 29.2 Å². The Balaban J connectivity index is 2.86. The van der Waals surface area contributed by atoms with Crippen LogP contribution in [-0.2, 0) is 0 Å². The third kappa shape index (κ3) is 4.38. The first-order chi connectivity index (χ1) is 8.58. The Labute approximate surface area is 118 Å². The average molecular weight is 284 g/mol. The van der Waals surface area contributed by atoms with E-state index in [2.05, 4.69) is 18.5 Å². The van der Waals surface area contributed by atoms with Crippen LogP contribution in [0.4, 0.5) is 5.69 Å². The first-order valence-corrected chi connectivity index (χ1v) is 7.62. The van der Waals surface area contributed by atoms with E-state index < -0.39 is 0 Å². The second-order valence-electron chi connectivity index (χ2n) is 4.10. The summed E-state index contributed by atoms with van der Waals surface area (Å²) in [6, 6.07) is 6.07. The number of benzene rings is 1. The molecule has 0 radical (unpaired) electrons. The van der Waals surface area contributed by atoms with Crippen molar-refractivity contribution in [2.45, 2.75) is 19.4 Å². The maximum atomic E-state index is 5.73. The minimum Gasteiger partial charge on any atom is -0.497 e. The topological polar surface area (TPSA) is 47.3 Å². The van der Waals surface area contributed by atoms with Gasteiger partial charge in [-0.25, -0.2) is 0 Å². The Hall–Kier alpha value is -0.940. The molecule has 18 heavy (non-hydrogen) atoms. The molecule has 0 bridgehead atoms. The van der Waals surface area contributed by atoms with Gasteiger partial charge in [-0.2, -0.15) is 11.8 Å². The zero-order valence-electron chi connectivity index (χ0n) is 11.0. The third-order valence-corrected chi connectivity index (χ3v) is 3.51. The molecular weight excluding hydrogens is 264 g/mol. The Morgan fingerprint density at radius 1 is 1.56 bits per heavy atom. The normalized spacial score (nSPS) is 11.9. The minimum atomic E-state index is 0.373. The fraction of sp³-hybridized carbons (Fsp3) is 0.462. The van der Waals surface area contributed by atoms with E-state index in [9.17, 15) is 0 Å². The number of ether oxygens (including phenoxy) is 1. The van der Waals surface area contributed by atoms with Gasteiger partial charge in [0.25, 0.3) is 0 Å². The standard InChI is InChI=1S/C13H20N2OS2/c1-9(6-7-18-3)15-12-8-10(16-2)4-5-11(12)13(14)17/h4-5,8-9,15H,6-7H2,1-3H3,(H2,14,17). The van der Waals surface area contributed by atoms with Gasteiger partial charge in [0.05, 0.1) is 7.11 Å². The van der Waals surface area contributed by atoms with Gasteiger partial charge in [-0.15, -0.1) is 0 Å². The molecule has 1 unspecified atom stereocenters. The highest BCUT2D eigenvalue weighted by Gasteiger charge is 2.09. The second kappa shape index (κ2) is 7.48. The first kappa shape index (κ1) is 15.1. The van der Waals surface area contributed by atoms with Gasteiger partial charge in [-0.05, 0) is 37.5 Å². The Kier molecular flexibility index (Phi) is 6.29. The SMILES string of the molecule is COc1ccc(C(N)=S)c(NC(C)CCSC)c1. The van der Waals surface area contributed by atoms with Gasteiger partial charge in [-0.3, -0.25) is 0 Å². The van der Waals surface area contributed by atoms with E-state index in [1.807, 2.05) is 30.0 Å². The van der Waals surface area contributed by atoms with Gasteiger partial charge in [0.2, 0.25) is 0 Å². The molecule has 0 heterocycles. The van der Waals surface area contributed by atoms with E-state index in [1.165, 1.54) is 0 Å². The van der Waals surface area contributed by atoms with Crippen molar-refractivity contribution >= 4 is 34.7 Å². The zero-order chi connectivity index (χ0) is 13.5. The maximum Gasteiger partial charge on any atom is 0.120 e. The summed E-state index contributed by atoms with van der Waals surface area (Å²) in [5, 5.41) is 3.44. The predicted molar refractivity (Wildman–Crippen MR) is 85.0 cm³/mol. The highest BCUT2D eigenvalue weighted by atomic mass is 32.2. The summed E-state index contributed by atoms with van der Waals surface area (Å²) in [7, 11) is 1.65. The molecule has 3 nitrogen and oxygen atoms in total. The van der Waals surface area contributed by atoms with E-state index in [-0.39, 0.29) is 0 Å². The van der Waals surface area contributed by atoms with Crippen LogP contribution in [0, 0.1) is 0 Å². The highest BCUT2D eigenvalue weighted by molar-refractivity contribution is 7.98. The molecule has 1 atom stereocenters. The Morgan fingerprint density at radius 3 is 2.83 bits per heavy atom. The van der Waals surface area contributed by atoms with E-state index >= 15 is 0 Å². The van der Waals surface area contributed by atoms with Crippen molar-refractivity contribution in [2.24, 2.45) is 5.73 Å². The van der Waals surface area contributed by atoms with Crippen LogP contribution in [0.2, 0.25) is 0 Å². The highest BCUT2D eigenvalue weighted by Crippen LogP contribution is 2.23. The lowest BCUT2D eigenvalue weighted by Gasteiger charge is -2.18. The molecule has 100 valence electrons. The molecule has 1 aromatic rings. The molecule has 0 saturated carbocycles. The lowest BCUT2D eigenvalue weighted by Crippen LogP contribution is -2.20. The molecule has 0 spiro atoms. The number of nitrogens with two attached hydrogens (primary N) is 1. The molecule has 0 aliphatic rings. The molecule has 1 rings (SSSR count). The van der Waals surface area contributed by atoms with E-state index in [0.29, 0.717) is 11.0 Å². The number of methoxy groups -OCH3 is 1. The average Bonchev–Trinajstić information content (AvgIpc) is 2.35. The van der Waals surface area contributed by atoms with E-state index in [4.69, 9.17) is 22.7 Å². The molecule has 0 fully saturated rings. The van der Waals surface area contributed by atoms with Crippen LogP contribution in [0.5, 0.6) is 5.75 Å². The summed E-state index contributed by atoms with van der Waals surface area (Å²) in [6.07, 6.45) is 3.20. The number of thiocarbonyl (C=S) groups is 1. The summed E-state index contributed by atoms with van der Waals surface area (Å²) in [5.41, 5.74) is 7.53. The van der Waals surface area contributed by atoms with Crippen LogP contribution in [-0.4, -0.2) is 30.1 Å². The van der Waals surface area contributed by atoms with Crippen LogP contribution in [0.3, 0.4) is 0 Å². The first-order valence-electron chi connectivity index (χ1n) is 5.81. The largest absolute Gasteiger partial charge is 0.497 e. The number of hydrogen-bond acceptors (Lipinski definition) is 4. The minimum absolute atomic E-state index is 0.373. The van der Waals surface area contributed by atoms with Gasteiger partial charge in [-0.1, -0.05) is 12.2 Å². The zero-order valence-corrected chi connectivity index (χ0v) is 12.7. The van der Waals surface area contributed by atoms with Crippen molar-refractivity contribution in [2.75, 3.05) is 24.4 Å². The fourth-order valence-electron chi connectivity index (χ4n) is 1.62. The summed E-state index contributed by atoms with van der Waals surface area (Å²) >= 11 is 6.91. The van der Waals surface area contributed by atoms with Gasteiger partial charge >= 0.3 is 0 Å². The smallest absolute Gasteiger partial charge is 0.120 e. The lowest BCUT2D eigenvalue weighted by atomic mass is 10.1. The van der Waals surface area contributed by atoms with Crippen molar-refractivity contribution in [3.8, 4) is 5.75 Å². The summed E-state index contributed by atoms with van der Waals surface area (Å²) < 4.78 is 5.22. The number of nitrogens with one attached hydrogen (secondary N) is 1. The van der Waals surface area contributed by atoms with Crippen LogP contribution in [0.1, 0.15) is 18.9 Å². The Morgan fingerprint density at radius 2 is 2.28 bits per heavy atom. The summed E-state index contributed by atoms with van der Waals surface area (Å²) in [4.78, 5) is 0.400. The van der Waals surface area contributed by atoms with Gasteiger partial charge in [0.15, 0.2) is 0 Å². The number of hydrogen-bond donors (Lipinski definition) is 2. The van der Waals surface area contributed by atoms with Crippen molar-refractivity contribution in [1.29, 1.82) is 0 Å². The molecule has 0 aliphatic heterocycles. The van der Waals surface area contributed by atoms with E-state index in [1.54, 1.807) is 7.11 Å². The van der Waals surface area contributed by atoms with Gasteiger partial charge in [0.1, 0.15) is 10.7 Å². The summed E-state index contributed by atoms with van der Waals surface area (Å²) in [5.74, 6) is 1.93. The monoisotopic (exact) mass is 284 g/mol. The molecule has 0 aliphatic carbocycles. The molecule has 0 saturated heterocycles. The molecule has 5 heteroatoms. The lowest BCUT2D eigenvalue weighted by molar-refractivity contribution is 0.415. The van der Waals surface area contributed by atoms with Crippen LogP contribution in [0.15, 0.2) is 18.2 Å². The molecule has 0 aromatic heterocycles. The maximum absolute atomic E-state index is 5.73. The number of anilines is 1. The van der Waals surface area contributed by atoms with Crippen molar-refractivity contribution in [3.63, 3.8) is 0 Å². The summed E-state index contributed by atoms with van der Waals surface area (Å²) in [6.45, 7) is 2.15. The molecular formula is C13H20N2OS2. The van der Waals surface area contributed by atoms with Crippen molar-refractivity contribution in [3.05, 3.63) is 23.8 Å².